The summed E-state index contributed by atoms with van der Waals surface area (Å²) in [5.74, 6) is 1.44. The van der Waals surface area contributed by atoms with Gasteiger partial charge in [-0.15, -0.1) is 0 Å². The number of pyridine rings is 1. The van der Waals surface area contributed by atoms with Gasteiger partial charge in [0.25, 0.3) is 0 Å². The van der Waals surface area contributed by atoms with Crippen LogP contribution in [0.3, 0.4) is 0 Å². The highest BCUT2D eigenvalue weighted by molar-refractivity contribution is 5.95. The first kappa shape index (κ1) is 13.8. The van der Waals surface area contributed by atoms with Gasteiger partial charge in [-0.1, -0.05) is 6.07 Å². The van der Waals surface area contributed by atoms with E-state index in [-0.39, 0.29) is 11.9 Å². The van der Waals surface area contributed by atoms with Crippen molar-refractivity contribution in [3.8, 4) is 0 Å². The molecule has 3 heterocycles. The first-order chi connectivity index (χ1) is 10.7. The minimum absolute atomic E-state index is 0.0397. The maximum absolute atomic E-state index is 12.8. The molecule has 0 radical (unpaired) electrons. The first-order valence-electron chi connectivity index (χ1n) is 8.21. The third-order valence-electron chi connectivity index (χ3n) is 4.85. The highest BCUT2D eigenvalue weighted by Gasteiger charge is 2.41. The molecule has 1 atom stereocenters. The molecule has 1 aliphatic carbocycles. The van der Waals surface area contributed by atoms with Crippen LogP contribution >= 0.6 is 0 Å². The maximum Gasteiger partial charge on any atom is 0.243 e. The standard InChI is InChI=1S/C17H22N4O/c1-12-5-4-10-21-14(11-18-16(12)21)19-17(22)15(13-6-7-13)20-8-2-3-9-20/h4-5,10-11,13,15H,2-3,6-9H2,1H3,(H,19,22). The zero-order valence-corrected chi connectivity index (χ0v) is 13.0. The minimum atomic E-state index is 0.0397. The first-order valence-corrected chi connectivity index (χ1v) is 8.21. The Balaban J connectivity index is 1.58. The number of hydrogen-bond acceptors (Lipinski definition) is 3. The molecule has 5 heteroatoms. The van der Waals surface area contributed by atoms with Gasteiger partial charge in [0, 0.05) is 6.20 Å². The number of aryl methyl sites for hydroxylation is 1. The molecule has 2 fully saturated rings. The molecule has 1 saturated carbocycles. The van der Waals surface area contributed by atoms with Gasteiger partial charge in [0.1, 0.15) is 11.5 Å². The zero-order valence-electron chi connectivity index (χ0n) is 13.0. The Hall–Kier alpha value is -1.88. The summed E-state index contributed by atoms with van der Waals surface area (Å²) < 4.78 is 1.96. The summed E-state index contributed by atoms with van der Waals surface area (Å²) in [6.45, 7) is 4.15. The molecule has 22 heavy (non-hydrogen) atoms. The van der Waals surface area contributed by atoms with E-state index < -0.39 is 0 Å². The van der Waals surface area contributed by atoms with Gasteiger partial charge in [-0.2, -0.15) is 0 Å². The lowest BCUT2D eigenvalue weighted by Gasteiger charge is -2.26. The van der Waals surface area contributed by atoms with Gasteiger partial charge in [0.05, 0.1) is 12.2 Å². The Morgan fingerprint density at radius 2 is 2.14 bits per heavy atom. The van der Waals surface area contributed by atoms with Crippen molar-refractivity contribution in [1.29, 1.82) is 0 Å². The molecule has 1 aliphatic heterocycles. The highest BCUT2D eigenvalue weighted by Crippen LogP contribution is 2.37. The van der Waals surface area contributed by atoms with Gasteiger partial charge in [-0.3, -0.25) is 14.1 Å². The van der Waals surface area contributed by atoms with Gasteiger partial charge in [-0.25, -0.2) is 4.98 Å². The van der Waals surface area contributed by atoms with Crippen molar-refractivity contribution in [3.05, 3.63) is 30.1 Å². The Bertz CT molecular complexity index is 698. The van der Waals surface area contributed by atoms with E-state index in [1.54, 1.807) is 6.20 Å². The topological polar surface area (TPSA) is 49.6 Å². The normalized spacial score (nSPS) is 20.4. The number of anilines is 1. The van der Waals surface area contributed by atoms with Gasteiger partial charge < -0.3 is 5.32 Å². The van der Waals surface area contributed by atoms with Crippen LogP contribution in [0.15, 0.2) is 24.5 Å². The second-order valence-corrected chi connectivity index (χ2v) is 6.54. The second-order valence-electron chi connectivity index (χ2n) is 6.54. The number of nitrogens with zero attached hydrogens (tertiary/aromatic N) is 3. The van der Waals surface area contributed by atoms with Crippen molar-refractivity contribution in [3.63, 3.8) is 0 Å². The zero-order chi connectivity index (χ0) is 15.1. The van der Waals surface area contributed by atoms with Crippen molar-refractivity contribution in [2.45, 2.75) is 38.6 Å². The van der Waals surface area contributed by atoms with Gasteiger partial charge in [0.2, 0.25) is 5.91 Å². The third-order valence-corrected chi connectivity index (χ3v) is 4.85. The summed E-state index contributed by atoms with van der Waals surface area (Å²) in [5, 5.41) is 3.11. The SMILES string of the molecule is Cc1cccn2c(NC(=O)C(C3CC3)N3CCCC3)cnc12. The molecular formula is C17H22N4O. The predicted molar refractivity (Wildman–Crippen MR) is 85.9 cm³/mol. The number of carbonyl (C=O) groups excluding carboxylic acids is 1. The Kier molecular flexibility index (Phi) is 3.37. The smallest absolute Gasteiger partial charge is 0.243 e. The third kappa shape index (κ3) is 2.39. The van der Waals surface area contributed by atoms with Crippen LogP contribution in [0.1, 0.15) is 31.2 Å². The summed E-state index contributed by atoms with van der Waals surface area (Å²) in [6.07, 6.45) is 8.50. The Morgan fingerprint density at radius 3 is 2.86 bits per heavy atom. The molecule has 1 unspecified atom stereocenters. The Morgan fingerprint density at radius 1 is 1.36 bits per heavy atom. The highest BCUT2D eigenvalue weighted by atomic mass is 16.2. The molecule has 5 nitrogen and oxygen atoms in total. The average Bonchev–Trinajstić information content (AvgIpc) is 3.02. The van der Waals surface area contributed by atoms with Crippen LogP contribution in [0.4, 0.5) is 5.82 Å². The van der Waals surface area contributed by atoms with E-state index in [9.17, 15) is 4.79 Å². The van der Waals surface area contributed by atoms with Gasteiger partial charge in [-0.05, 0) is 63.2 Å². The summed E-state index contributed by atoms with van der Waals surface area (Å²) in [7, 11) is 0. The molecule has 1 amide bonds. The van der Waals surface area contributed by atoms with E-state index >= 15 is 0 Å². The molecule has 2 aromatic rings. The van der Waals surface area contributed by atoms with E-state index in [1.807, 2.05) is 29.7 Å². The lowest BCUT2D eigenvalue weighted by Crippen LogP contribution is -2.44. The van der Waals surface area contributed by atoms with E-state index in [4.69, 9.17) is 0 Å². The number of hydrogen-bond donors (Lipinski definition) is 1. The van der Waals surface area contributed by atoms with Crippen molar-refractivity contribution < 1.29 is 4.79 Å². The molecule has 2 aromatic heterocycles. The van der Waals surface area contributed by atoms with E-state index in [0.717, 1.165) is 30.1 Å². The van der Waals surface area contributed by atoms with E-state index in [0.29, 0.717) is 5.92 Å². The number of likely N-dealkylation sites (tertiary alicyclic amines) is 1. The maximum atomic E-state index is 12.8. The molecular weight excluding hydrogens is 276 g/mol. The number of carbonyl (C=O) groups is 1. The predicted octanol–water partition coefficient (Wildman–Crippen LogP) is 2.46. The molecule has 2 aliphatic rings. The molecule has 0 bridgehead atoms. The molecule has 0 aromatic carbocycles. The fourth-order valence-electron chi connectivity index (χ4n) is 3.55. The van der Waals surface area contributed by atoms with E-state index in [2.05, 4.69) is 15.2 Å². The lowest BCUT2D eigenvalue weighted by molar-refractivity contribution is -0.121. The van der Waals surface area contributed by atoms with Gasteiger partial charge in [0.15, 0.2) is 0 Å². The molecule has 1 saturated heterocycles. The monoisotopic (exact) mass is 298 g/mol. The van der Waals surface area contributed by atoms with Crippen LogP contribution in [0.5, 0.6) is 0 Å². The minimum Gasteiger partial charge on any atom is -0.309 e. The fraction of sp³-hybridized carbons (Fsp3) is 0.529. The largest absolute Gasteiger partial charge is 0.309 e. The van der Waals surface area contributed by atoms with Crippen molar-refractivity contribution in [1.82, 2.24) is 14.3 Å². The summed E-state index contributed by atoms with van der Waals surface area (Å²) in [5.41, 5.74) is 2.02. The lowest BCUT2D eigenvalue weighted by atomic mass is 10.1. The van der Waals surface area contributed by atoms with Crippen LogP contribution in [-0.2, 0) is 4.79 Å². The number of fused-ring (bicyclic) bond motifs is 1. The quantitative estimate of drug-likeness (QED) is 0.943. The van der Waals surface area contributed by atoms with Gasteiger partial charge >= 0.3 is 0 Å². The molecule has 1 N–H and O–H groups in total. The summed E-state index contributed by atoms with van der Waals surface area (Å²) >= 11 is 0. The second kappa shape index (κ2) is 5.39. The summed E-state index contributed by atoms with van der Waals surface area (Å²) in [4.78, 5) is 19.6. The number of nitrogens with one attached hydrogen (secondary N) is 1. The van der Waals surface area contributed by atoms with E-state index in [1.165, 1.54) is 25.7 Å². The number of amides is 1. The molecule has 116 valence electrons. The van der Waals surface area contributed by atoms with Crippen LogP contribution < -0.4 is 5.32 Å². The number of imidazole rings is 1. The Labute approximate surface area is 130 Å². The van der Waals surface area contributed by atoms with Crippen LogP contribution in [-0.4, -0.2) is 39.3 Å². The van der Waals surface area contributed by atoms with Crippen LogP contribution in [0, 0.1) is 12.8 Å². The van der Waals surface area contributed by atoms with Crippen molar-refractivity contribution >= 4 is 17.4 Å². The average molecular weight is 298 g/mol. The summed E-state index contributed by atoms with van der Waals surface area (Å²) in [6, 6.07) is 4.06. The number of aromatic nitrogens is 2. The number of rotatable bonds is 4. The van der Waals surface area contributed by atoms with Crippen molar-refractivity contribution in [2.24, 2.45) is 5.92 Å². The molecule has 0 spiro atoms. The van der Waals surface area contributed by atoms with Crippen LogP contribution in [0.25, 0.3) is 5.65 Å². The van der Waals surface area contributed by atoms with Crippen molar-refractivity contribution in [2.75, 3.05) is 18.4 Å². The van der Waals surface area contributed by atoms with Crippen LogP contribution in [0.2, 0.25) is 0 Å². The fourth-order valence-corrected chi connectivity index (χ4v) is 3.55. The molecule has 4 rings (SSSR count).